The third kappa shape index (κ3) is 3.34. The van der Waals surface area contributed by atoms with Crippen molar-refractivity contribution in [1.29, 1.82) is 0 Å². The molecule has 1 N–H and O–H groups in total. The van der Waals surface area contributed by atoms with Crippen LogP contribution in [0.3, 0.4) is 0 Å². The molecule has 0 fully saturated rings. The zero-order valence-electron chi connectivity index (χ0n) is 10.0. The summed E-state index contributed by atoms with van der Waals surface area (Å²) in [6.07, 6.45) is 1.49. The Bertz CT molecular complexity index is 543. The van der Waals surface area contributed by atoms with E-state index in [2.05, 4.69) is 15.1 Å². The van der Waals surface area contributed by atoms with Crippen molar-refractivity contribution in [3.63, 3.8) is 0 Å². The Labute approximate surface area is 107 Å². The van der Waals surface area contributed by atoms with Crippen molar-refractivity contribution in [2.75, 3.05) is 12.1 Å². The zero-order valence-corrected chi connectivity index (χ0v) is 10.0. The normalized spacial score (nSPS) is 12.0. The van der Waals surface area contributed by atoms with Crippen LogP contribution in [0.1, 0.15) is 11.1 Å². The first-order valence-corrected chi connectivity index (χ1v) is 5.40. The minimum Gasteiger partial charge on any atom is -0.367 e. The van der Waals surface area contributed by atoms with E-state index in [4.69, 9.17) is 0 Å². The van der Waals surface area contributed by atoms with Gasteiger partial charge in [0.1, 0.15) is 5.82 Å². The maximum Gasteiger partial charge on any atom is 0.417 e. The highest BCUT2D eigenvalue weighted by Crippen LogP contribution is 2.29. The van der Waals surface area contributed by atoms with Gasteiger partial charge in [-0.05, 0) is 18.2 Å². The van der Waals surface area contributed by atoms with Gasteiger partial charge in [-0.15, -0.1) is 0 Å². The molecule has 2 aromatic rings. The quantitative estimate of drug-likeness (QED) is 0.687. The maximum absolute atomic E-state index is 12.4. The molecular formula is C12H11F3N4. The Balaban J connectivity index is 2.10. The van der Waals surface area contributed by atoms with Crippen molar-refractivity contribution in [1.82, 2.24) is 9.97 Å². The van der Waals surface area contributed by atoms with Gasteiger partial charge in [-0.2, -0.15) is 18.3 Å². The fourth-order valence-corrected chi connectivity index (χ4v) is 1.37. The fraction of sp³-hybridized carbons (Fsp3) is 0.167. The highest BCUT2D eigenvalue weighted by Gasteiger charge is 2.30. The molecule has 2 heterocycles. The Kier molecular flexibility index (Phi) is 3.55. The number of nitrogens with one attached hydrogen (secondary N) is 1. The molecule has 0 unspecified atom stereocenters. The summed E-state index contributed by atoms with van der Waals surface area (Å²) in [7, 11) is 1.61. The Hall–Kier alpha value is -2.31. The molecule has 2 aromatic heterocycles. The number of anilines is 1. The van der Waals surface area contributed by atoms with Crippen molar-refractivity contribution in [3.05, 3.63) is 47.9 Å². The first-order valence-electron chi connectivity index (χ1n) is 5.40. The summed E-state index contributed by atoms with van der Waals surface area (Å²) in [6.45, 7) is 0. The number of hydrogen-bond donors (Lipinski definition) is 1. The Morgan fingerprint density at radius 3 is 2.63 bits per heavy atom. The summed E-state index contributed by atoms with van der Waals surface area (Å²) in [5, 5.41) is 5.47. The SMILES string of the molecule is CN(N=Cc1cc[nH]c1)c1ccc(C(F)(F)F)cn1. The molecule has 2 rings (SSSR count). The van der Waals surface area contributed by atoms with Crippen molar-refractivity contribution in [2.24, 2.45) is 5.10 Å². The largest absolute Gasteiger partial charge is 0.417 e. The average Bonchev–Trinajstić information content (AvgIpc) is 2.88. The maximum atomic E-state index is 12.4. The van der Waals surface area contributed by atoms with Gasteiger partial charge in [-0.3, -0.25) is 5.01 Å². The molecule has 0 saturated heterocycles. The summed E-state index contributed by atoms with van der Waals surface area (Å²) < 4.78 is 37.1. The lowest BCUT2D eigenvalue weighted by atomic mass is 10.3. The molecule has 0 atom stereocenters. The van der Waals surface area contributed by atoms with E-state index < -0.39 is 11.7 Å². The molecule has 0 aliphatic rings. The van der Waals surface area contributed by atoms with Crippen LogP contribution in [-0.4, -0.2) is 23.2 Å². The van der Waals surface area contributed by atoms with Crippen LogP contribution in [0.25, 0.3) is 0 Å². The molecule has 0 aliphatic carbocycles. The van der Waals surface area contributed by atoms with E-state index >= 15 is 0 Å². The van der Waals surface area contributed by atoms with Gasteiger partial charge in [-0.1, -0.05) is 0 Å². The van der Waals surface area contributed by atoms with E-state index in [-0.39, 0.29) is 0 Å². The second-order valence-corrected chi connectivity index (χ2v) is 3.82. The third-order valence-electron chi connectivity index (χ3n) is 2.41. The minimum atomic E-state index is -4.38. The number of nitrogens with zero attached hydrogens (tertiary/aromatic N) is 3. The molecule has 0 aliphatic heterocycles. The highest BCUT2D eigenvalue weighted by atomic mass is 19.4. The molecular weight excluding hydrogens is 257 g/mol. The second kappa shape index (κ2) is 5.13. The van der Waals surface area contributed by atoms with Crippen LogP contribution in [-0.2, 0) is 6.18 Å². The number of pyridine rings is 1. The van der Waals surface area contributed by atoms with E-state index in [1.54, 1.807) is 25.7 Å². The van der Waals surface area contributed by atoms with Gasteiger partial charge in [0.05, 0.1) is 11.8 Å². The van der Waals surface area contributed by atoms with Crippen LogP contribution < -0.4 is 5.01 Å². The molecule has 0 spiro atoms. The summed E-state index contributed by atoms with van der Waals surface area (Å²) in [5.74, 6) is 0.333. The van der Waals surface area contributed by atoms with Gasteiger partial charge in [0.25, 0.3) is 0 Å². The molecule has 0 bridgehead atoms. The topological polar surface area (TPSA) is 44.3 Å². The van der Waals surface area contributed by atoms with E-state index in [0.29, 0.717) is 5.82 Å². The third-order valence-corrected chi connectivity index (χ3v) is 2.41. The summed E-state index contributed by atoms with van der Waals surface area (Å²) >= 11 is 0. The number of hydrogen-bond acceptors (Lipinski definition) is 3. The van der Waals surface area contributed by atoms with Crippen molar-refractivity contribution in [3.8, 4) is 0 Å². The van der Waals surface area contributed by atoms with Gasteiger partial charge < -0.3 is 4.98 Å². The van der Waals surface area contributed by atoms with Gasteiger partial charge in [0, 0.05) is 31.2 Å². The number of alkyl halides is 3. The first-order chi connectivity index (χ1) is 8.97. The average molecular weight is 268 g/mol. The molecule has 100 valence electrons. The van der Waals surface area contributed by atoms with Crippen molar-refractivity contribution in [2.45, 2.75) is 6.18 Å². The fourth-order valence-electron chi connectivity index (χ4n) is 1.37. The van der Waals surface area contributed by atoms with Crippen LogP contribution in [0, 0.1) is 0 Å². The number of hydrazone groups is 1. The Morgan fingerprint density at radius 1 is 1.32 bits per heavy atom. The predicted octanol–water partition coefficient (Wildman–Crippen LogP) is 2.90. The van der Waals surface area contributed by atoms with Crippen LogP contribution in [0.15, 0.2) is 41.9 Å². The van der Waals surface area contributed by atoms with Crippen LogP contribution in [0.5, 0.6) is 0 Å². The first kappa shape index (κ1) is 13.1. The van der Waals surface area contributed by atoms with Gasteiger partial charge in [0.2, 0.25) is 0 Å². The van der Waals surface area contributed by atoms with Crippen LogP contribution in [0.4, 0.5) is 19.0 Å². The molecule has 4 nitrogen and oxygen atoms in total. The summed E-state index contributed by atoms with van der Waals surface area (Å²) in [5.41, 5.74) is 0.0815. The number of aromatic nitrogens is 2. The van der Waals surface area contributed by atoms with Crippen molar-refractivity contribution >= 4 is 12.0 Å². The standard InChI is InChI=1S/C12H11F3N4/c1-19(18-7-9-4-5-16-6-9)11-3-2-10(8-17-11)12(13,14)15/h2-8,16H,1H3. The van der Waals surface area contributed by atoms with E-state index in [9.17, 15) is 13.2 Å². The lowest BCUT2D eigenvalue weighted by Gasteiger charge is -2.12. The minimum absolute atomic E-state index is 0.333. The van der Waals surface area contributed by atoms with Gasteiger partial charge in [0.15, 0.2) is 0 Å². The van der Waals surface area contributed by atoms with Crippen molar-refractivity contribution < 1.29 is 13.2 Å². The van der Waals surface area contributed by atoms with Crippen LogP contribution in [0.2, 0.25) is 0 Å². The molecule has 0 amide bonds. The monoisotopic (exact) mass is 268 g/mol. The molecule has 19 heavy (non-hydrogen) atoms. The van der Waals surface area contributed by atoms with E-state index in [0.717, 1.165) is 17.8 Å². The van der Waals surface area contributed by atoms with Gasteiger partial charge >= 0.3 is 6.18 Å². The molecule has 0 aromatic carbocycles. The lowest BCUT2D eigenvalue weighted by Crippen LogP contribution is -2.12. The van der Waals surface area contributed by atoms with E-state index in [1.807, 2.05) is 6.07 Å². The lowest BCUT2D eigenvalue weighted by molar-refractivity contribution is -0.137. The summed E-state index contributed by atoms with van der Waals surface area (Å²) in [6, 6.07) is 4.07. The zero-order chi connectivity index (χ0) is 13.9. The predicted molar refractivity (Wildman–Crippen MR) is 66.0 cm³/mol. The number of halogens is 3. The number of aromatic amines is 1. The summed E-state index contributed by atoms with van der Waals surface area (Å²) in [4.78, 5) is 6.60. The van der Waals surface area contributed by atoms with E-state index in [1.165, 1.54) is 11.1 Å². The van der Waals surface area contributed by atoms with Crippen LogP contribution >= 0.6 is 0 Å². The van der Waals surface area contributed by atoms with Gasteiger partial charge in [-0.25, -0.2) is 4.98 Å². The number of H-pyrrole nitrogens is 1. The Morgan fingerprint density at radius 2 is 2.11 bits per heavy atom. The second-order valence-electron chi connectivity index (χ2n) is 3.82. The molecule has 0 radical (unpaired) electrons. The number of rotatable bonds is 3. The highest BCUT2D eigenvalue weighted by molar-refractivity contribution is 5.79. The smallest absolute Gasteiger partial charge is 0.367 e. The molecule has 7 heteroatoms. The molecule has 0 saturated carbocycles.